The molecule has 4 heterocycles. The molecular weight excluding hydrogens is 586 g/mol. The Morgan fingerprint density at radius 2 is 1.89 bits per heavy atom. The number of thioether (sulfide) groups is 1. The number of piperazine rings is 1. The van der Waals surface area contributed by atoms with Gasteiger partial charge in [-0.25, -0.2) is 23.1 Å². The number of benzene rings is 2. The smallest absolute Gasteiger partial charge is 0.350 e. The van der Waals surface area contributed by atoms with Gasteiger partial charge in [-0.2, -0.15) is 4.98 Å². The van der Waals surface area contributed by atoms with Crippen LogP contribution in [-0.4, -0.2) is 62.7 Å². The Morgan fingerprint density at radius 3 is 2.61 bits per heavy atom. The molecule has 44 heavy (non-hydrogen) atoms. The van der Waals surface area contributed by atoms with Crippen LogP contribution in [0.4, 0.5) is 20.3 Å². The Balaban J connectivity index is 1.70. The molecule has 1 atom stereocenters. The van der Waals surface area contributed by atoms with E-state index in [0.29, 0.717) is 30.2 Å². The number of amides is 2. The van der Waals surface area contributed by atoms with Crippen molar-refractivity contribution in [3.05, 3.63) is 82.8 Å². The third kappa shape index (κ3) is 5.02. The average Bonchev–Trinajstić information content (AvgIpc) is 2.99. The predicted octanol–water partition coefficient (Wildman–Crippen LogP) is 5.12. The Bertz CT molecular complexity index is 1910. The van der Waals surface area contributed by atoms with Crippen LogP contribution in [0.25, 0.3) is 28.0 Å². The number of para-hydroxylation sites is 1. The fraction of sp³-hybridized carbons (Fsp3) is 0.281. The van der Waals surface area contributed by atoms with Crippen molar-refractivity contribution in [2.75, 3.05) is 35.6 Å². The second-order valence-electron chi connectivity index (χ2n) is 11.1. The van der Waals surface area contributed by atoms with Gasteiger partial charge in [0.2, 0.25) is 11.8 Å². The number of nitrogens with one attached hydrogen (secondary N) is 1. The fourth-order valence-electron chi connectivity index (χ4n) is 5.86. The van der Waals surface area contributed by atoms with Gasteiger partial charge in [0.25, 0.3) is 0 Å². The number of rotatable bonds is 3. The highest BCUT2D eigenvalue weighted by Gasteiger charge is 2.31. The SMILES string of the molecule is C=CC(=O)N1CCN(c2nc(=O)n3c4nc(c(F)cc24)-c2c(F)cccc2NC(=O)CSc2cccc(C(C)C)c2-3)[C@@H](C)C1. The van der Waals surface area contributed by atoms with E-state index in [2.05, 4.69) is 21.9 Å². The highest BCUT2D eigenvalue weighted by molar-refractivity contribution is 8.00. The van der Waals surface area contributed by atoms with E-state index in [1.165, 1.54) is 46.7 Å². The molecule has 1 fully saturated rings. The first-order valence-electron chi connectivity index (χ1n) is 14.2. The summed E-state index contributed by atoms with van der Waals surface area (Å²) in [5, 5.41) is 2.97. The maximum Gasteiger partial charge on any atom is 0.355 e. The molecule has 2 aliphatic heterocycles. The number of hydrogen-bond donors (Lipinski definition) is 1. The number of fused-ring (bicyclic) bond motifs is 5. The van der Waals surface area contributed by atoms with Crippen LogP contribution in [0.3, 0.4) is 0 Å². The summed E-state index contributed by atoms with van der Waals surface area (Å²) < 4.78 is 32.9. The van der Waals surface area contributed by atoms with Gasteiger partial charge in [0.15, 0.2) is 11.5 Å². The standard InChI is InChI=1S/C32H30F2N6O3S/c1-5-26(42)38-12-13-39(18(4)15-38)30-20-14-22(34)28-27-21(33)9-7-10-23(27)35-25(41)16-44-24-11-6-8-19(17(2)3)29(24)40(31(20)36-28)32(43)37-30/h5-11,14,17-18H,1,12-13,15-16H2,2-4H3,(H,35,41)/t18-/m0/s1. The molecule has 1 saturated heterocycles. The highest BCUT2D eigenvalue weighted by atomic mass is 32.2. The molecule has 1 N–H and O–H groups in total. The van der Waals surface area contributed by atoms with Crippen LogP contribution in [0, 0.1) is 11.6 Å². The Kier molecular flexibility index (Phi) is 7.70. The Morgan fingerprint density at radius 1 is 1.11 bits per heavy atom. The van der Waals surface area contributed by atoms with Gasteiger partial charge in [0.1, 0.15) is 17.3 Å². The van der Waals surface area contributed by atoms with Crippen LogP contribution in [0.15, 0.2) is 64.8 Å². The van der Waals surface area contributed by atoms with Crippen molar-refractivity contribution < 1.29 is 18.4 Å². The van der Waals surface area contributed by atoms with Crippen molar-refractivity contribution >= 4 is 46.1 Å². The molecule has 9 nitrogen and oxygen atoms in total. The number of carbonyl (C=O) groups excluding carboxylic acids is 2. The maximum absolute atomic E-state index is 16.2. The molecule has 0 radical (unpaired) electrons. The van der Waals surface area contributed by atoms with Crippen LogP contribution in [0.5, 0.6) is 0 Å². The molecule has 2 amide bonds. The zero-order chi connectivity index (χ0) is 31.3. The first-order chi connectivity index (χ1) is 21.1. The number of pyridine rings is 1. The van der Waals surface area contributed by atoms with Crippen molar-refractivity contribution in [3.63, 3.8) is 0 Å². The molecule has 2 aromatic heterocycles. The number of hydrogen-bond acceptors (Lipinski definition) is 7. The van der Waals surface area contributed by atoms with E-state index < -0.39 is 23.2 Å². The second-order valence-corrected chi connectivity index (χ2v) is 12.1. The molecule has 0 spiro atoms. The maximum atomic E-state index is 16.2. The first-order valence-corrected chi connectivity index (χ1v) is 15.2. The van der Waals surface area contributed by atoms with Crippen LogP contribution < -0.4 is 15.9 Å². The van der Waals surface area contributed by atoms with Gasteiger partial charge in [-0.05, 0) is 48.7 Å². The van der Waals surface area contributed by atoms with E-state index in [1.807, 2.05) is 43.9 Å². The summed E-state index contributed by atoms with van der Waals surface area (Å²) in [6.07, 6.45) is 1.26. The predicted molar refractivity (Wildman–Crippen MR) is 168 cm³/mol. The number of carbonyl (C=O) groups is 2. The van der Waals surface area contributed by atoms with Crippen molar-refractivity contribution in [2.45, 2.75) is 37.6 Å². The normalized spacial score (nSPS) is 16.7. The van der Waals surface area contributed by atoms with Gasteiger partial charge in [-0.3, -0.25) is 9.59 Å². The Hall–Kier alpha value is -4.58. The van der Waals surface area contributed by atoms with Gasteiger partial charge >= 0.3 is 5.69 Å². The average molecular weight is 617 g/mol. The van der Waals surface area contributed by atoms with Crippen LogP contribution in [-0.2, 0) is 9.59 Å². The van der Waals surface area contributed by atoms with E-state index in [4.69, 9.17) is 0 Å². The zero-order valence-electron chi connectivity index (χ0n) is 24.4. The molecule has 0 saturated carbocycles. The van der Waals surface area contributed by atoms with E-state index in [1.54, 1.807) is 4.90 Å². The summed E-state index contributed by atoms with van der Waals surface area (Å²) in [6, 6.07) is 10.6. The fourth-order valence-corrected chi connectivity index (χ4v) is 6.74. The van der Waals surface area contributed by atoms with E-state index in [-0.39, 0.29) is 57.4 Å². The molecule has 2 bridgehead atoms. The van der Waals surface area contributed by atoms with Gasteiger partial charge in [0.05, 0.1) is 28.1 Å². The minimum Gasteiger partial charge on any atom is -0.350 e. The third-order valence-corrected chi connectivity index (χ3v) is 8.99. The largest absolute Gasteiger partial charge is 0.355 e. The van der Waals surface area contributed by atoms with Gasteiger partial charge in [-0.15, -0.1) is 11.8 Å². The Labute approximate surface area is 256 Å². The van der Waals surface area contributed by atoms with Crippen LogP contribution in [0.1, 0.15) is 32.3 Å². The van der Waals surface area contributed by atoms with Crippen molar-refractivity contribution in [1.29, 1.82) is 0 Å². The number of anilines is 2. The zero-order valence-corrected chi connectivity index (χ0v) is 25.3. The molecular formula is C32H30F2N6O3S. The molecule has 6 rings (SSSR count). The summed E-state index contributed by atoms with van der Waals surface area (Å²) >= 11 is 1.23. The van der Waals surface area contributed by atoms with Gasteiger partial charge in [0, 0.05) is 30.6 Å². The molecule has 0 unspecified atom stereocenters. The summed E-state index contributed by atoms with van der Waals surface area (Å²) in [7, 11) is 0. The quantitative estimate of drug-likeness (QED) is 0.319. The van der Waals surface area contributed by atoms with Gasteiger partial charge in [-0.1, -0.05) is 38.6 Å². The molecule has 4 aromatic rings. The molecule has 226 valence electrons. The van der Waals surface area contributed by atoms with Crippen molar-refractivity contribution in [1.82, 2.24) is 19.4 Å². The number of aromatic nitrogens is 3. The number of nitrogens with zero attached hydrogens (tertiary/aromatic N) is 5. The van der Waals surface area contributed by atoms with E-state index in [9.17, 15) is 14.4 Å². The van der Waals surface area contributed by atoms with Crippen molar-refractivity contribution in [3.8, 4) is 16.9 Å². The summed E-state index contributed by atoms with van der Waals surface area (Å²) in [5.41, 5.74) is 0.243. The van der Waals surface area contributed by atoms with E-state index >= 15 is 8.78 Å². The topological polar surface area (TPSA) is 100 Å². The van der Waals surface area contributed by atoms with Crippen LogP contribution >= 0.6 is 11.8 Å². The summed E-state index contributed by atoms with van der Waals surface area (Å²) in [5.74, 6) is -2.10. The monoisotopic (exact) mass is 616 g/mol. The lowest BCUT2D eigenvalue weighted by atomic mass is 10.0. The third-order valence-electron chi connectivity index (χ3n) is 7.95. The highest BCUT2D eigenvalue weighted by Crippen LogP contribution is 2.39. The molecule has 2 aromatic carbocycles. The van der Waals surface area contributed by atoms with Gasteiger partial charge < -0.3 is 15.1 Å². The number of halogens is 2. The lowest BCUT2D eigenvalue weighted by Crippen LogP contribution is -2.54. The second kappa shape index (κ2) is 11.5. The lowest BCUT2D eigenvalue weighted by molar-refractivity contribution is -0.126. The van der Waals surface area contributed by atoms with E-state index in [0.717, 1.165) is 5.56 Å². The first kappa shape index (κ1) is 29.5. The van der Waals surface area contributed by atoms with Crippen molar-refractivity contribution in [2.24, 2.45) is 0 Å². The lowest BCUT2D eigenvalue weighted by Gasteiger charge is -2.40. The molecule has 12 heteroatoms. The summed E-state index contributed by atoms with van der Waals surface area (Å²) in [4.78, 5) is 52.8. The minimum atomic E-state index is -0.844. The summed E-state index contributed by atoms with van der Waals surface area (Å²) in [6.45, 7) is 10.5. The van der Waals surface area contributed by atoms with Crippen LogP contribution in [0.2, 0.25) is 0 Å². The molecule has 2 aliphatic rings. The minimum absolute atomic E-state index is 0.0387. The molecule has 0 aliphatic carbocycles.